The molecule has 0 unspecified atom stereocenters. The van der Waals surface area contributed by atoms with Crippen LogP contribution in [-0.2, 0) is 4.79 Å². The van der Waals surface area contributed by atoms with Crippen molar-refractivity contribution in [2.45, 2.75) is 20.3 Å². The van der Waals surface area contributed by atoms with Crippen molar-refractivity contribution in [3.63, 3.8) is 0 Å². The molecule has 0 amide bonds. The number of benzene rings is 2. The molecule has 2 aromatic rings. The Kier molecular flexibility index (Phi) is 6.36. The molecule has 0 aliphatic heterocycles. The lowest BCUT2D eigenvalue weighted by Gasteiger charge is -2.08. The average Bonchev–Trinajstić information content (AvgIpc) is 2.60. The fraction of sp³-hybridized carbons (Fsp3) is 0.238. The third kappa shape index (κ3) is 5.22. The van der Waals surface area contributed by atoms with Gasteiger partial charge in [0.15, 0.2) is 0 Å². The van der Waals surface area contributed by atoms with Gasteiger partial charge in [0.05, 0.1) is 18.8 Å². The summed E-state index contributed by atoms with van der Waals surface area (Å²) in [6.07, 6.45) is 2.16. The van der Waals surface area contributed by atoms with Gasteiger partial charge in [0.2, 0.25) is 0 Å². The number of hydrogen-bond acceptors (Lipinski definition) is 4. The van der Waals surface area contributed by atoms with Crippen molar-refractivity contribution in [2.24, 2.45) is 5.92 Å². The Morgan fingerprint density at radius 1 is 1.16 bits per heavy atom. The summed E-state index contributed by atoms with van der Waals surface area (Å²) in [6.45, 7) is 3.94. The number of allylic oxidation sites excluding steroid dienone is 1. The lowest BCUT2D eigenvalue weighted by Crippen LogP contribution is -2.10. The van der Waals surface area contributed by atoms with E-state index < -0.39 is 0 Å². The minimum atomic E-state index is -0.245. The number of methoxy groups -OCH3 is 1. The Balaban J connectivity index is 2.19. The van der Waals surface area contributed by atoms with Crippen LogP contribution in [0.3, 0.4) is 0 Å². The number of carbonyl (C=O) groups is 1. The van der Waals surface area contributed by atoms with Crippen LogP contribution in [0.25, 0.3) is 11.6 Å². The van der Waals surface area contributed by atoms with Gasteiger partial charge >= 0.3 is 5.97 Å². The van der Waals surface area contributed by atoms with Gasteiger partial charge in [-0.3, -0.25) is 4.79 Å². The molecule has 0 aliphatic carbocycles. The second-order valence-corrected chi connectivity index (χ2v) is 6.01. The van der Waals surface area contributed by atoms with Crippen LogP contribution < -0.4 is 9.47 Å². The van der Waals surface area contributed by atoms with Crippen LogP contribution >= 0.6 is 0 Å². The van der Waals surface area contributed by atoms with Gasteiger partial charge in [-0.05, 0) is 41.8 Å². The summed E-state index contributed by atoms with van der Waals surface area (Å²) in [5.41, 5.74) is 2.08. The average molecular weight is 335 g/mol. The number of esters is 1. The van der Waals surface area contributed by atoms with Gasteiger partial charge in [-0.25, -0.2) is 0 Å². The molecule has 0 N–H and O–H groups in total. The van der Waals surface area contributed by atoms with Gasteiger partial charge < -0.3 is 9.47 Å². The zero-order chi connectivity index (χ0) is 18.2. The molecular formula is C21H21NO3. The van der Waals surface area contributed by atoms with E-state index in [0.717, 1.165) is 11.1 Å². The van der Waals surface area contributed by atoms with Crippen LogP contribution in [0.15, 0.2) is 48.5 Å². The predicted octanol–water partition coefficient (Wildman–Crippen LogP) is 4.71. The van der Waals surface area contributed by atoms with E-state index in [0.29, 0.717) is 23.5 Å². The zero-order valence-electron chi connectivity index (χ0n) is 14.7. The van der Waals surface area contributed by atoms with E-state index in [2.05, 4.69) is 6.07 Å². The van der Waals surface area contributed by atoms with E-state index in [-0.39, 0.29) is 11.9 Å². The van der Waals surface area contributed by atoms with Gasteiger partial charge in [0, 0.05) is 12.0 Å². The fourth-order valence-electron chi connectivity index (χ4n) is 2.34. The second kappa shape index (κ2) is 8.70. The molecule has 0 saturated carbocycles. The van der Waals surface area contributed by atoms with Crippen molar-refractivity contribution >= 4 is 17.6 Å². The molecule has 4 heteroatoms. The van der Waals surface area contributed by atoms with Crippen molar-refractivity contribution in [2.75, 3.05) is 7.11 Å². The monoisotopic (exact) mass is 335 g/mol. The molecule has 2 rings (SSSR count). The van der Waals surface area contributed by atoms with Crippen molar-refractivity contribution in [1.82, 2.24) is 0 Å². The van der Waals surface area contributed by atoms with E-state index in [1.807, 2.05) is 50.2 Å². The molecule has 0 bridgehead atoms. The lowest BCUT2D eigenvalue weighted by atomic mass is 10.0. The van der Waals surface area contributed by atoms with E-state index in [9.17, 15) is 10.1 Å². The first kappa shape index (κ1) is 18.3. The number of rotatable bonds is 6. The van der Waals surface area contributed by atoms with Gasteiger partial charge in [0.25, 0.3) is 0 Å². The molecular weight excluding hydrogens is 314 g/mol. The Bertz CT molecular complexity index is 799. The number of para-hydroxylation sites is 1. The summed E-state index contributed by atoms with van der Waals surface area (Å²) >= 11 is 0. The maximum Gasteiger partial charge on any atom is 0.311 e. The Morgan fingerprint density at radius 3 is 2.44 bits per heavy atom. The van der Waals surface area contributed by atoms with Crippen LogP contribution in [0.1, 0.15) is 31.4 Å². The third-order valence-corrected chi connectivity index (χ3v) is 3.52. The first-order valence-electron chi connectivity index (χ1n) is 8.09. The highest BCUT2D eigenvalue weighted by Crippen LogP contribution is 2.27. The molecule has 0 heterocycles. The summed E-state index contributed by atoms with van der Waals surface area (Å²) < 4.78 is 10.6. The number of carbonyl (C=O) groups excluding carboxylic acids is 1. The Hall–Kier alpha value is -3.06. The molecule has 25 heavy (non-hydrogen) atoms. The summed E-state index contributed by atoms with van der Waals surface area (Å²) in [5, 5.41) is 9.47. The summed E-state index contributed by atoms with van der Waals surface area (Å²) in [6, 6.07) is 16.7. The summed E-state index contributed by atoms with van der Waals surface area (Å²) in [5.74, 6) is 1.16. The Morgan fingerprint density at radius 2 is 1.84 bits per heavy atom. The smallest absolute Gasteiger partial charge is 0.311 e. The van der Waals surface area contributed by atoms with E-state index >= 15 is 0 Å². The van der Waals surface area contributed by atoms with Gasteiger partial charge in [0.1, 0.15) is 11.5 Å². The molecule has 0 saturated heterocycles. The number of nitrogens with zero attached hydrogens (tertiary/aromatic N) is 1. The van der Waals surface area contributed by atoms with Crippen LogP contribution in [0.2, 0.25) is 0 Å². The second-order valence-electron chi connectivity index (χ2n) is 6.01. The first-order valence-corrected chi connectivity index (χ1v) is 8.09. The van der Waals surface area contributed by atoms with Gasteiger partial charge in [-0.2, -0.15) is 5.26 Å². The molecule has 0 radical (unpaired) electrons. The van der Waals surface area contributed by atoms with Crippen molar-refractivity contribution < 1.29 is 14.3 Å². The summed E-state index contributed by atoms with van der Waals surface area (Å²) in [4.78, 5) is 11.7. The first-order chi connectivity index (χ1) is 12.0. The molecule has 0 aliphatic rings. The van der Waals surface area contributed by atoms with Crippen molar-refractivity contribution in [1.29, 1.82) is 5.26 Å². The minimum absolute atomic E-state index is 0.245. The van der Waals surface area contributed by atoms with Crippen LogP contribution in [-0.4, -0.2) is 13.1 Å². The third-order valence-electron chi connectivity index (χ3n) is 3.52. The number of ether oxygens (including phenoxy) is 2. The Labute approximate surface area is 148 Å². The molecule has 128 valence electrons. The fourth-order valence-corrected chi connectivity index (χ4v) is 2.34. The normalized spacial score (nSPS) is 11.1. The highest BCUT2D eigenvalue weighted by molar-refractivity contribution is 5.91. The van der Waals surface area contributed by atoms with E-state index in [4.69, 9.17) is 9.47 Å². The quantitative estimate of drug-likeness (QED) is 0.332. The highest BCUT2D eigenvalue weighted by atomic mass is 16.5. The largest absolute Gasteiger partial charge is 0.496 e. The van der Waals surface area contributed by atoms with Gasteiger partial charge in [-0.15, -0.1) is 0 Å². The topological polar surface area (TPSA) is 59.3 Å². The standard InChI is InChI=1S/C21H21NO3/c1-15(2)12-21(23)25-18-10-8-16(9-11-18)13-17(14-22)19-6-4-5-7-20(19)24-3/h4-11,13,15H,12H2,1-3H3/b17-13-. The molecule has 0 fully saturated rings. The van der Waals surface area contributed by atoms with E-state index in [1.165, 1.54) is 0 Å². The molecule has 0 spiro atoms. The molecule has 0 atom stereocenters. The maximum absolute atomic E-state index is 11.7. The van der Waals surface area contributed by atoms with Crippen LogP contribution in [0.4, 0.5) is 0 Å². The zero-order valence-corrected chi connectivity index (χ0v) is 14.7. The maximum atomic E-state index is 11.7. The SMILES string of the molecule is COc1ccccc1/C(C#N)=C\c1ccc(OC(=O)CC(C)C)cc1. The highest BCUT2D eigenvalue weighted by Gasteiger charge is 2.09. The van der Waals surface area contributed by atoms with Crippen molar-refractivity contribution in [3.05, 3.63) is 59.7 Å². The number of hydrogen-bond donors (Lipinski definition) is 0. The van der Waals surface area contributed by atoms with Crippen LogP contribution in [0, 0.1) is 17.2 Å². The summed E-state index contributed by atoms with van der Waals surface area (Å²) in [7, 11) is 1.58. The van der Waals surface area contributed by atoms with E-state index in [1.54, 1.807) is 25.3 Å². The predicted molar refractivity (Wildman–Crippen MR) is 98.0 cm³/mol. The number of nitriles is 1. The van der Waals surface area contributed by atoms with Gasteiger partial charge in [-0.1, -0.05) is 38.1 Å². The minimum Gasteiger partial charge on any atom is -0.496 e. The molecule has 4 nitrogen and oxygen atoms in total. The lowest BCUT2D eigenvalue weighted by molar-refractivity contribution is -0.135. The van der Waals surface area contributed by atoms with Crippen molar-refractivity contribution in [3.8, 4) is 17.6 Å². The molecule has 0 aromatic heterocycles. The van der Waals surface area contributed by atoms with Crippen LogP contribution in [0.5, 0.6) is 11.5 Å². The molecule has 2 aromatic carbocycles.